The zero-order valence-electron chi connectivity index (χ0n) is 12.7. The summed E-state index contributed by atoms with van der Waals surface area (Å²) >= 11 is 0. The fourth-order valence-corrected chi connectivity index (χ4v) is 2.93. The van der Waals surface area contributed by atoms with Crippen LogP contribution in [-0.4, -0.2) is 35.8 Å². The van der Waals surface area contributed by atoms with Crippen molar-refractivity contribution in [1.29, 1.82) is 5.26 Å². The maximum Gasteiger partial charge on any atom is 0.229 e. The fraction of sp³-hybridized carbons (Fsp3) is 0.471. The van der Waals surface area contributed by atoms with Gasteiger partial charge in [-0.3, -0.25) is 9.59 Å². The van der Waals surface area contributed by atoms with Gasteiger partial charge < -0.3 is 9.80 Å². The quantitative estimate of drug-likeness (QED) is 0.797. The molecule has 1 aromatic carbocycles. The average Bonchev–Trinajstić information content (AvgIpc) is 3.27. The monoisotopic (exact) mass is 297 g/mol. The highest BCUT2D eigenvalue weighted by atomic mass is 16.2. The van der Waals surface area contributed by atoms with Gasteiger partial charge in [-0.25, -0.2) is 0 Å². The highest BCUT2D eigenvalue weighted by Gasteiger charge is 2.41. The topological polar surface area (TPSA) is 64.4 Å². The number of anilines is 1. The number of hydrogen-bond donors (Lipinski definition) is 0. The van der Waals surface area contributed by atoms with Crippen molar-refractivity contribution in [2.45, 2.75) is 32.2 Å². The Kier molecular flexibility index (Phi) is 3.84. The lowest BCUT2D eigenvalue weighted by Gasteiger charge is -2.23. The lowest BCUT2D eigenvalue weighted by molar-refractivity contribution is -0.135. The zero-order chi connectivity index (χ0) is 15.7. The summed E-state index contributed by atoms with van der Waals surface area (Å²) in [7, 11) is 0. The van der Waals surface area contributed by atoms with E-state index in [1.54, 1.807) is 9.80 Å². The van der Waals surface area contributed by atoms with Gasteiger partial charge in [0.2, 0.25) is 11.8 Å². The number of nitrogens with zero attached hydrogens (tertiary/aromatic N) is 3. The van der Waals surface area contributed by atoms with Crippen LogP contribution in [0.3, 0.4) is 0 Å². The van der Waals surface area contributed by atoms with E-state index in [1.807, 2.05) is 31.2 Å². The number of carbonyl (C=O) groups excluding carboxylic acids is 2. The van der Waals surface area contributed by atoms with Crippen LogP contribution in [0.5, 0.6) is 0 Å². The first-order valence-corrected chi connectivity index (χ1v) is 7.64. The molecule has 0 bridgehead atoms. The highest BCUT2D eigenvalue weighted by molar-refractivity contribution is 6.00. The number of rotatable bonds is 4. The van der Waals surface area contributed by atoms with Crippen molar-refractivity contribution in [3.63, 3.8) is 0 Å². The van der Waals surface area contributed by atoms with E-state index in [4.69, 9.17) is 5.26 Å². The van der Waals surface area contributed by atoms with Gasteiger partial charge in [0.15, 0.2) is 0 Å². The molecule has 0 N–H and O–H groups in total. The normalized spacial score (nSPS) is 20.8. The van der Waals surface area contributed by atoms with Gasteiger partial charge in [-0.15, -0.1) is 0 Å². The van der Waals surface area contributed by atoms with E-state index < -0.39 is 0 Å². The Morgan fingerprint density at radius 2 is 2.05 bits per heavy atom. The Bertz CT molecular complexity index is 628. The molecule has 0 aromatic heterocycles. The average molecular weight is 297 g/mol. The Hall–Kier alpha value is -2.35. The lowest BCUT2D eigenvalue weighted by Crippen LogP contribution is -2.39. The van der Waals surface area contributed by atoms with Gasteiger partial charge in [-0.1, -0.05) is 17.7 Å². The summed E-state index contributed by atoms with van der Waals surface area (Å²) in [6.45, 7) is 2.53. The molecule has 22 heavy (non-hydrogen) atoms. The van der Waals surface area contributed by atoms with E-state index in [0.29, 0.717) is 6.54 Å². The standard InChI is InChI=1S/C17H19N3O2/c1-12-2-4-15(5-3-12)20-11-13(10-16(20)21)17(22)19(9-8-18)14-6-7-14/h2-5,13-14H,6-7,9-11H2,1H3. The van der Waals surface area contributed by atoms with Crippen LogP contribution in [-0.2, 0) is 9.59 Å². The van der Waals surface area contributed by atoms with Gasteiger partial charge in [0.1, 0.15) is 6.54 Å². The summed E-state index contributed by atoms with van der Waals surface area (Å²) < 4.78 is 0. The molecular formula is C17H19N3O2. The molecule has 1 unspecified atom stereocenters. The van der Waals surface area contributed by atoms with E-state index in [-0.39, 0.29) is 36.7 Å². The van der Waals surface area contributed by atoms with Crippen LogP contribution < -0.4 is 4.90 Å². The summed E-state index contributed by atoms with van der Waals surface area (Å²) in [5.74, 6) is -0.398. The van der Waals surface area contributed by atoms with Crippen molar-refractivity contribution in [3.8, 4) is 6.07 Å². The minimum Gasteiger partial charge on any atom is -0.326 e. The maximum atomic E-state index is 12.6. The molecular weight excluding hydrogens is 278 g/mol. The smallest absolute Gasteiger partial charge is 0.229 e. The Morgan fingerprint density at radius 3 is 2.64 bits per heavy atom. The number of carbonyl (C=O) groups is 2. The molecule has 2 aliphatic rings. The molecule has 1 aliphatic carbocycles. The molecule has 1 saturated carbocycles. The third kappa shape index (κ3) is 2.82. The van der Waals surface area contributed by atoms with E-state index in [2.05, 4.69) is 6.07 Å². The van der Waals surface area contributed by atoms with Gasteiger partial charge in [-0.05, 0) is 31.9 Å². The van der Waals surface area contributed by atoms with Crippen LogP contribution in [0.2, 0.25) is 0 Å². The fourth-order valence-electron chi connectivity index (χ4n) is 2.93. The van der Waals surface area contributed by atoms with Crippen molar-refractivity contribution in [2.24, 2.45) is 5.92 Å². The first kappa shape index (κ1) is 14.6. The van der Waals surface area contributed by atoms with Crippen LogP contribution in [0.4, 0.5) is 5.69 Å². The van der Waals surface area contributed by atoms with Crippen LogP contribution in [0.15, 0.2) is 24.3 Å². The molecule has 5 nitrogen and oxygen atoms in total. The summed E-state index contributed by atoms with van der Waals surface area (Å²) in [4.78, 5) is 28.1. The SMILES string of the molecule is Cc1ccc(N2CC(C(=O)N(CC#N)C3CC3)CC2=O)cc1. The van der Waals surface area contributed by atoms with Crippen LogP contribution in [0, 0.1) is 24.2 Å². The molecule has 114 valence electrons. The van der Waals surface area contributed by atoms with Gasteiger partial charge in [0, 0.05) is 24.7 Å². The largest absolute Gasteiger partial charge is 0.326 e. The molecule has 2 fully saturated rings. The van der Waals surface area contributed by atoms with Crippen molar-refractivity contribution < 1.29 is 9.59 Å². The number of hydrogen-bond acceptors (Lipinski definition) is 3. The van der Waals surface area contributed by atoms with Crippen molar-refractivity contribution >= 4 is 17.5 Å². The second kappa shape index (κ2) is 5.80. The van der Waals surface area contributed by atoms with E-state index in [1.165, 1.54) is 0 Å². The molecule has 0 spiro atoms. The summed E-state index contributed by atoms with van der Waals surface area (Å²) in [5.41, 5.74) is 1.97. The maximum absolute atomic E-state index is 12.6. The molecule has 1 heterocycles. The predicted octanol–water partition coefficient (Wildman–Crippen LogP) is 1.86. The second-order valence-corrected chi connectivity index (χ2v) is 6.10. The molecule has 1 atom stereocenters. The van der Waals surface area contributed by atoms with Crippen molar-refractivity contribution in [1.82, 2.24) is 4.90 Å². The molecule has 1 aliphatic heterocycles. The molecule has 3 rings (SSSR count). The van der Waals surface area contributed by atoms with E-state index >= 15 is 0 Å². The van der Waals surface area contributed by atoms with Gasteiger partial charge in [0.25, 0.3) is 0 Å². The first-order chi connectivity index (χ1) is 10.6. The Balaban J connectivity index is 1.72. The predicted molar refractivity (Wildman–Crippen MR) is 82.0 cm³/mol. The summed E-state index contributed by atoms with van der Waals surface area (Å²) in [6.07, 6.45) is 2.17. The van der Waals surface area contributed by atoms with Crippen LogP contribution in [0.1, 0.15) is 24.8 Å². The molecule has 5 heteroatoms. The number of benzene rings is 1. The molecule has 2 amide bonds. The van der Waals surface area contributed by atoms with Crippen LogP contribution in [0.25, 0.3) is 0 Å². The molecule has 1 aromatic rings. The highest BCUT2D eigenvalue weighted by Crippen LogP contribution is 2.31. The second-order valence-electron chi connectivity index (χ2n) is 6.10. The summed E-state index contributed by atoms with van der Waals surface area (Å²) in [6, 6.07) is 10.0. The third-order valence-corrected chi connectivity index (χ3v) is 4.33. The Morgan fingerprint density at radius 1 is 1.36 bits per heavy atom. The van der Waals surface area contributed by atoms with Gasteiger partial charge in [0.05, 0.1) is 12.0 Å². The minimum atomic E-state index is -0.331. The van der Waals surface area contributed by atoms with Crippen molar-refractivity contribution in [3.05, 3.63) is 29.8 Å². The number of amides is 2. The minimum absolute atomic E-state index is 0.0186. The van der Waals surface area contributed by atoms with Crippen LogP contribution >= 0.6 is 0 Å². The van der Waals surface area contributed by atoms with Gasteiger partial charge in [-0.2, -0.15) is 5.26 Å². The van der Waals surface area contributed by atoms with Gasteiger partial charge >= 0.3 is 0 Å². The summed E-state index contributed by atoms with van der Waals surface area (Å²) in [5, 5.41) is 8.89. The van der Waals surface area contributed by atoms with Crippen molar-refractivity contribution in [2.75, 3.05) is 18.0 Å². The zero-order valence-corrected chi connectivity index (χ0v) is 12.7. The Labute approximate surface area is 130 Å². The number of nitriles is 1. The molecule has 0 radical (unpaired) electrons. The van der Waals surface area contributed by atoms with E-state index in [9.17, 15) is 9.59 Å². The number of aryl methyl sites for hydroxylation is 1. The first-order valence-electron chi connectivity index (χ1n) is 7.64. The third-order valence-electron chi connectivity index (χ3n) is 4.33. The lowest BCUT2D eigenvalue weighted by atomic mass is 10.1. The molecule has 1 saturated heterocycles. The van der Waals surface area contributed by atoms with E-state index in [0.717, 1.165) is 24.1 Å².